The van der Waals surface area contributed by atoms with Crippen LogP contribution in [-0.4, -0.2) is 12.9 Å². The molecule has 1 aromatic carbocycles. The molecule has 0 aliphatic heterocycles. The lowest BCUT2D eigenvalue weighted by Crippen LogP contribution is -2.22. The zero-order valence-electron chi connectivity index (χ0n) is 8.32. The van der Waals surface area contributed by atoms with Gasteiger partial charge in [0.25, 0.3) is 0 Å². The summed E-state index contributed by atoms with van der Waals surface area (Å²) in [4.78, 5) is 11.9. The van der Waals surface area contributed by atoms with Gasteiger partial charge in [-0.05, 0) is 25.0 Å². The summed E-state index contributed by atoms with van der Waals surface area (Å²) in [5, 5.41) is 0. The van der Waals surface area contributed by atoms with Gasteiger partial charge in [-0.15, -0.1) is 0 Å². The molecule has 1 aliphatic carbocycles. The average molecular weight is 190 g/mol. The Balaban J connectivity index is 2.25. The van der Waals surface area contributed by atoms with Crippen LogP contribution in [0.15, 0.2) is 24.3 Å². The van der Waals surface area contributed by atoms with E-state index in [1.54, 1.807) is 7.11 Å². The van der Waals surface area contributed by atoms with Gasteiger partial charge in [-0.2, -0.15) is 0 Å². The zero-order valence-corrected chi connectivity index (χ0v) is 8.32. The average Bonchev–Trinajstić information content (AvgIpc) is 2.15. The van der Waals surface area contributed by atoms with Gasteiger partial charge in [0.1, 0.15) is 5.75 Å². The van der Waals surface area contributed by atoms with E-state index in [9.17, 15) is 4.79 Å². The molecule has 0 saturated heterocycles. The molecule has 0 heterocycles. The van der Waals surface area contributed by atoms with Crippen LogP contribution in [0.2, 0.25) is 0 Å². The lowest BCUT2D eigenvalue weighted by atomic mass is 9.80. The van der Waals surface area contributed by atoms with E-state index < -0.39 is 0 Å². The van der Waals surface area contributed by atoms with Gasteiger partial charge in [0, 0.05) is 5.92 Å². The largest absolute Gasteiger partial charge is 0.496 e. The highest BCUT2D eigenvalue weighted by atomic mass is 16.5. The fraction of sp³-hybridized carbons (Fsp3) is 0.417. The Hall–Kier alpha value is -1.31. The predicted molar refractivity (Wildman–Crippen MR) is 54.7 cm³/mol. The summed E-state index contributed by atoms with van der Waals surface area (Å²) in [7, 11) is 1.60. The van der Waals surface area contributed by atoms with Crippen molar-refractivity contribution in [1.82, 2.24) is 0 Å². The SMILES string of the molecule is COc1ccccc1C(=O)C1CCC1. The van der Waals surface area contributed by atoms with Crippen molar-refractivity contribution in [1.29, 1.82) is 0 Å². The first-order valence-corrected chi connectivity index (χ1v) is 5.00. The van der Waals surface area contributed by atoms with Crippen molar-refractivity contribution < 1.29 is 9.53 Å². The van der Waals surface area contributed by atoms with Gasteiger partial charge in [0.2, 0.25) is 0 Å². The second-order valence-electron chi connectivity index (χ2n) is 3.69. The van der Waals surface area contributed by atoms with E-state index in [2.05, 4.69) is 0 Å². The fourth-order valence-electron chi connectivity index (χ4n) is 1.74. The highest BCUT2D eigenvalue weighted by Crippen LogP contribution is 2.32. The van der Waals surface area contributed by atoms with Gasteiger partial charge in [-0.25, -0.2) is 0 Å². The fourth-order valence-corrected chi connectivity index (χ4v) is 1.74. The first-order chi connectivity index (χ1) is 6.83. The molecule has 0 spiro atoms. The minimum Gasteiger partial charge on any atom is -0.496 e. The van der Waals surface area contributed by atoms with Gasteiger partial charge in [0.15, 0.2) is 5.78 Å². The van der Waals surface area contributed by atoms with Crippen molar-refractivity contribution in [2.24, 2.45) is 5.92 Å². The summed E-state index contributed by atoms with van der Waals surface area (Å²) < 4.78 is 5.16. The minimum absolute atomic E-state index is 0.242. The molecule has 0 aromatic heterocycles. The molecule has 1 saturated carbocycles. The van der Waals surface area contributed by atoms with Crippen molar-refractivity contribution in [2.45, 2.75) is 19.3 Å². The number of para-hydroxylation sites is 1. The summed E-state index contributed by atoms with van der Waals surface area (Å²) in [6, 6.07) is 7.45. The Morgan fingerprint density at radius 2 is 2.07 bits per heavy atom. The molecule has 14 heavy (non-hydrogen) atoms. The molecule has 2 heteroatoms. The molecule has 2 rings (SSSR count). The van der Waals surface area contributed by atoms with Crippen LogP contribution in [0.3, 0.4) is 0 Å². The first-order valence-electron chi connectivity index (χ1n) is 5.00. The van der Waals surface area contributed by atoms with E-state index in [4.69, 9.17) is 4.74 Å². The van der Waals surface area contributed by atoms with Crippen LogP contribution < -0.4 is 4.74 Å². The Labute approximate surface area is 83.9 Å². The molecule has 2 nitrogen and oxygen atoms in total. The normalized spacial score (nSPS) is 16.1. The van der Waals surface area contributed by atoms with Gasteiger partial charge in [0.05, 0.1) is 12.7 Å². The maximum Gasteiger partial charge on any atom is 0.169 e. The molecular formula is C12H14O2. The lowest BCUT2D eigenvalue weighted by molar-refractivity contribution is 0.0852. The molecule has 1 aliphatic rings. The molecule has 0 radical (unpaired) electrons. The zero-order chi connectivity index (χ0) is 9.97. The highest BCUT2D eigenvalue weighted by molar-refractivity contribution is 6.00. The van der Waals surface area contributed by atoms with E-state index in [1.165, 1.54) is 6.42 Å². The van der Waals surface area contributed by atoms with E-state index >= 15 is 0 Å². The number of hydrogen-bond acceptors (Lipinski definition) is 2. The van der Waals surface area contributed by atoms with Crippen molar-refractivity contribution in [3.8, 4) is 5.75 Å². The number of rotatable bonds is 3. The maximum atomic E-state index is 11.9. The van der Waals surface area contributed by atoms with Crippen LogP contribution >= 0.6 is 0 Å². The summed E-state index contributed by atoms with van der Waals surface area (Å²) in [5.41, 5.74) is 0.736. The Bertz CT molecular complexity index is 340. The quantitative estimate of drug-likeness (QED) is 0.685. The van der Waals surface area contributed by atoms with Crippen LogP contribution in [-0.2, 0) is 0 Å². The second kappa shape index (κ2) is 3.82. The van der Waals surface area contributed by atoms with Crippen LogP contribution in [0.5, 0.6) is 5.75 Å². The molecule has 1 aromatic rings. The smallest absolute Gasteiger partial charge is 0.169 e. The minimum atomic E-state index is 0.242. The third-order valence-corrected chi connectivity index (χ3v) is 2.85. The summed E-state index contributed by atoms with van der Waals surface area (Å²) in [5.74, 6) is 1.18. The molecule has 1 fully saturated rings. The summed E-state index contributed by atoms with van der Waals surface area (Å²) in [6.45, 7) is 0. The first kappa shape index (κ1) is 9.25. The predicted octanol–water partition coefficient (Wildman–Crippen LogP) is 2.68. The van der Waals surface area contributed by atoms with Crippen LogP contribution in [0.1, 0.15) is 29.6 Å². The van der Waals surface area contributed by atoms with Gasteiger partial charge < -0.3 is 4.74 Å². The molecular weight excluding hydrogens is 176 g/mol. The highest BCUT2D eigenvalue weighted by Gasteiger charge is 2.27. The molecule has 0 amide bonds. The number of carbonyl (C=O) groups is 1. The van der Waals surface area contributed by atoms with Crippen molar-refractivity contribution >= 4 is 5.78 Å². The second-order valence-corrected chi connectivity index (χ2v) is 3.69. The summed E-state index contributed by atoms with van der Waals surface area (Å²) in [6.07, 6.45) is 3.26. The number of Topliss-reactive ketones (excluding diaryl/α,β-unsaturated/α-hetero) is 1. The summed E-state index contributed by atoms with van der Waals surface area (Å²) >= 11 is 0. The lowest BCUT2D eigenvalue weighted by Gasteiger charge is -2.24. The number of hydrogen-bond donors (Lipinski definition) is 0. The number of ketones is 1. The Morgan fingerprint density at radius 1 is 1.36 bits per heavy atom. The standard InChI is InChI=1S/C12H14O2/c1-14-11-8-3-2-7-10(11)12(13)9-5-4-6-9/h2-3,7-9H,4-6H2,1H3. The molecule has 0 atom stereocenters. The van der Waals surface area contributed by atoms with Gasteiger partial charge in [-0.3, -0.25) is 4.79 Å². The van der Waals surface area contributed by atoms with E-state index in [-0.39, 0.29) is 11.7 Å². The Morgan fingerprint density at radius 3 is 2.64 bits per heavy atom. The monoisotopic (exact) mass is 190 g/mol. The molecule has 0 N–H and O–H groups in total. The number of methoxy groups -OCH3 is 1. The van der Waals surface area contributed by atoms with Crippen molar-refractivity contribution in [2.75, 3.05) is 7.11 Å². The Kier molecular flexibility index (Phi) is 2.53. The molecule has 74 valence electrons. The third kappa shape index (κ3) is 1.52. The van der Waals surface area contributed by atoms with Crippen LogP contribution in [0.25, 0.3) is 0 Å². The van der Waals surface area contributed by atoms with E-state index in [0.717, 1.165) is 18.4 Å². The topological polar surface area (TPSA) is 26.3 Å². The van der Waals surface area contributed by atoms with Crippen molar-refractivity contribution in [3.05, 3.63) is 29.8 Å². The van der Waals surface area contributed by atoms with Gasteiger partial charge >= 0.3 is 0 Å². The van der Waals surface area contributed by atoms with Crippen LogP contribution in [0.4, 0.5) is 0 Å². The maximum absolute atomic E-state index is 11.9. The number of ether oxygens (including phenoxy) is 1. The van der Waals surface area contributed by atoms with E-state index in [0.29, 0.717) is 5.75 Å². The number of benzene rings is 1. The third-order valence-electron chi connectivity index (χ3n) is 2.85. The number of carbonyl (C=O) groups excluding carboxylic acids is 1. The van der Waals surface area contributed by atoms with Gasteiger partial charge in [-0.1, -0.05) is 18.6 Å². The molecule has 0 unspecified atom stereocenters. The van der Waals surface area contributed by atoms with Crippen molar-refractivity contribution in [3.63, 3.8) is 0 Å². The van der Waals surface area contributed by atoms with Crippen LogP contribution in [0, 0.1) is 5.92 Å². The molecule has 0 bridgehead atoms. The van der Waals surface area contributed by atoms with E-state index in [1.807, 2.05) is 24.3 Å².